The van der Waals surface area contributed by atoms with E-state index in [9.17, 15) is 10.1 Å². The van der Waals surface area contributed by atoms with Crippen LogP contribution < -0.4 is 14.2 Å². The molecule has 0 fully saturated rings. The van der Waals surface area contributed by atoms with E-state index in [4.69, 9.17) is 14.2 Å². The number of nitro groups is 1. The Labute approximate surface area is 142 Å². The Morgan fingerprint density at radius 2 is 1.96 bits per heavy atom. The Morgan fingerprint density at radius 3 is 2.68 bits per heavy atom. The third-order valence-corrected chi connectivity index (χ3v) is 4.22. The molecule has 126 valence electrons. The fourth-order valence-corrected chi connectivity index (χ4v) is 3.01. The van der Waals surface area contributed by atoms with E-state index in [1.165, 1.54) is 12.1 Å². The predicted molar refractivity (Wildman–Crippen MR) is 91.2 cm³/mol. The second kappa shape index (κ2) is 5.62. The molecule has 1 aliphatic heterocycles. The van der Waals surface area contributed by atoms with E-state index in [0.29, 0.717) is 34.0 Å². The van der Waals surface area contributed by atoms with Crippen LogP contribution >= 0.6 is 0 Å². The van der Waals surface area contributed by atoms with Crippen LogP contribution in [0, 0.1) is 17.0 Å². The van der Waals surface area contributed by atoms with Crippen molar-refractivity contribution in [1.82, 2.24) is 4.98 Å². The van der Waals surface area contributed by atoms with Gasteiger partial charge in [-0.05, 0) is 13.0 Å². The van der Waals surface area contributed by atoms with Crippen molar-refractivity contribution >= 4 is 16.6 Å². The highest BCUT2D eigenvalue weighted by atomic mass is 16.7. The minimum atomic E-state index is -0.429. The van der Waals surface area contributed by atoms with Crippen molar-refractivity contribution in [2.24, 2.45) is 0 Å². The van der Waals surface area contributed by atoms with Gasteiger partial charge in [0.2, 0.25) is 6.79 Å². The fourth-order valence-electron chi connectivity index (χ4n) is 3.01. The molecule has 0 saturated heterocycles. The molecule has 0 aliphatic carbocycles. The Hall–Kier alpha value is -3.35. The van der Waals surface area contributed by atoms with E-state index in [1.807, 2.05) is 19.1 Å². The highest BCUT2D eigenvalue weighted by Gasteiger charge is 2.21. The number of aryl methyl sites for hydroxylation is 1. The first-order valence-corrected chi connectivity index (χ1v) is 7.61. The van der Waals surface area contributed by atoms with Crippen LogP contribution in [0.25, 0.3) is 22.2 Å². The van der Waals surface area contributed by atoms with Crippen molar-refractivity contribution < 1.29 is 19.1 Å². The summed E-state index contributed by atoms with van der Waals surface area (Å²) in [6.45, 7) is 2.10. The van der Waals surface area contributed by atoms with Gasteiger partial charge in [0, 0.05) is 34.7 Å². The molecular formula is C18H14N2O5. The number of nitro benzene ring substituents is 1. The van der Waals surface area contributed by atoms with Gasteiger partial charge in [0.1, 0.15) is 11.4 Å². The van der Waals surface area contributed by atoms with Crippen LogP contribution in [0.4, 0.5) is 5.69 Å². The summed E-state index contributed by atoms with van der Waals surface area (Å²) in [5.74, 6) is 1.88. The number of ether oxygens (including phenoxy) is 3. The van der Waals surface area contributed by atoms with Crippen LogP contribution in [-0.4, -0.2) is 23.8 Å². The molecule has 1 aromatic heterocycles. The average molecular weight is 338 g/mol. The largest absolute Gasteiger partial charge is 0.494 e. The number of hydrogen-bond acceptors (Lipinski definition) is 6. The fraction of sp³-hybridized carbons (Fsp3) is 0.167. The van der Waals surface area contributed by atoms with Gasteiger partial charge < -0.3 is 14.2 Å². The summed E-state index contributed by atoms with van der Waals surface area (Å²) in [7, 11) is 1.56. The third-order valence-electron chi connectivity index (χ3n) is 4.22. The Kier molecular flexibility index (Phi) is 3.42. The van der Waals surface area contributed by atoms with E-state index >= 15 is 0 Å². The van der Waals surface area contributed by atoms with Gasteiger partial charge in [-0.3, -0.25) is 10.1 Å². The molecule has 0 amide bonds. The van der Waals surface area contributed by atoms with Crippen molar-refractivity contribution in [1.29, 1.82) is 0 Å². The maximum Gasteiger partial charge on any atom is 0.270 e. The molecule has 3 aromatic rings. The number of aromatic nitrogens is 1. The second-order valence-electron chi connectivity index (χ2n) is 5.65. The van der Waals surface area contributed by atoms with E-state index in [1.54, 1.807) is 19.2 Å². The average Bonchev–Trinajstić information content (AvgIpc) is 3.07. The van der Waals surface area contributed by atoms with E-state index in [-0.39, 0.29) is 12.5 Å². The molecule has 1 aliphatic rings. The lowest BCUT2D eigenvalue weighted by Gasteiger charge is -2.14. The lowest BCUT2D eigenvalue weighted by Crippen LogP contribution is -1.97. The van der Waals surface area contributed by atoms with Crippen molar-refractivity contribution in [2.45, 2.75) is 6.92 Å². The molecule has 7 heteroatoms. The van der Waals surface area contributed by atoms with Crippen LogP contribution in [0.3, 0.4) is 0 Å². The molecule has 0 N–H and O–H groups in total. The number of fused-ring (bicyclic) bond motifs is 2. The van der Waals surface area contributed by atoms with E-state index in [2.05, 4.69) is 4.98 Å². The number of pyridine rings is 1. The minimum Gasteiger partial charge on any atom is -0.494 e. The van der Waals surface area contributed by atoms with Gasteiger partial charge >= 0.3 is 0 Å². The molecule has 0 radical (unpaired) electrons. The Bertz CT molecular complexity index is 1020. The summed E-state index contributed by atoms with van der Waals surface area (Å²) in [6, 6.07) is 10.0. The van der Waals surface area contributed by atoms with Crippen LogP contribution in [0.15, 0.2) is 36.4 Å². The van der Waals surface area contributed by atoms with Gasteiger partial charge in [-0.15, -0.1) is 0 Å². The van der Waals surface area contributed by atoms with Gasteiger partial charge in [0.05, 0.1) is 17.5 Å². The number of non-ortho nitro benzene ring substituents is 1. The topological polar surface area (TPSA) is 83.7 Å². The van der Waals surface area contributed by atoms with Crippen LogP contribution in [0.1, 0.15) is 5.56 Å². The van der Waals surface area contributed by atoms with Gasteiger partial charge in [0.15, 0.2) is 11.5 Å². The van der Waals surface area contributed by atoms with Gasteiger partial charge in [0.25, 0.3) is 5.69 Å². The standard InChI is InChI=1S/C18H14N2O5/c1-10-13-7-15-16(25-9-24-15)8-14(13)19-17(18(10)23-2)11-4-3-5-12(6-11)20(21)22/h3-8H,9H2,1-2H3. The van der Waals surface area contributed by atoms with Crippen molar-refractivity contribution in [3.63, 3.8) is 0 Å². The van der Waals surface area contributed by atoms with Crippen LogP contribution in [-0.2, 0) is 0 Å². The predicted octanol–water partition coefficient (Wildman–Crippen LogP) is 3.86. The van der Waals surface area contributed by atoms with Gasteiger partial charge in [-0.2, -0.15) is 0 Å². The summed E-state index contributed by atoms with van der Waals surface area (Å²) < 4.78 is 16.4. The highest BCUT2D eigenvalue weighted by Crippen LogP contribution is 2.41. The summed E-state index contributed by atoms with van der Waals surface area (Å²) in [4.78, 5) is 15.3. The molecule has 25 heavy (non-hydrogen) atoms. The Balaban J connectivity index is 1.99. The molecule has 0 atom stereocenters. The third kappa shape index (κ3) is 2.40. The zero-order valence-corrected chi connectivity index (χ0v) is 13.6. The maximum atomic E-state index is 11.1. The zero-order valence-electron chi connectivity index (χ0n) is 13.6. The molecule has 0 unspecified atom stereocenters. The second-order valence-corrected chi connectivity index (χ2v) is 5.65. The number of methoxy groups -OCH3 is 1. The van der Waals surface area contributed by atoms with Crippen LogP contribution in [0.5, 0.6) is 17.2 Å². The Morgan fingerprint density at radius 1 is 1.20 bits per heavy atom. The van der Waals surface area contributed by atoms with E-state index in [0.717, 1.165) is 10.9 Å². The molecule has 4 rings (SSSR count). The smallest absolute Gasteiger partial charge is 0.270 e. The monoisotopic (exact) mass is 338 g/mol. The molecule has 0 saturated carbocycles. The van der Waals surface area contributed by atoms with Crippen molar-refractivity contribution in [2.75, 3.05) is 13.9 Å². The normalized spacial score (nSPS) is 12.4. The summed E-state index contributed by atoms with van der Waals surface area (Å²) >= 11 is 0. The minimum absolute atomic E-state index is 0.00443. The van der Waals surface area contributed by atoms with Crippen molar-refractivity contribution in [3.05, 3.63) is 52.1 Å². The number of hydrogen-bond donors (Lipinski definition) is 0. The number of rotatable bonds is 3. The SMILES string of the molecule is COc1c(-c2cccc([N+](=O)[O-])c2)nc2cc3c(cc2c1C)OCO3. The zero-order chi connectivity index (χ0) is 17.6. The number of benzene rings is 2. The summed E-state index contributed by atoms with van der Waals surface area (Å²) in [6.07, 6.45) is 0. The highest BCUT2D eigenvalue weighted by molar-refractivity contribution is 5.91. The number of nitrogens with zero attached hydrogens (tertiary/aromatic N) is 2. The maximum absolute atomic E-state index is 11.1. The first-order valence-electron chi connectivity index (χ1n) is 7.61. The lowest BCUT2D eigenvalue weighted by molar-refractivity contribution is -0.384. The summed E-state index contributed by atoms with van der Waals surface area (Å²) in [5, 5.41) is 12.0. The first kappa shape index (κ1) is 15.2. The molecule has 2 aromatic carbocycles. The molecule has 2 heterocycles. The first-order chi connectivity index (χ1) is 12.1. The van der Waals surface area contributed by atoms with Crippen molar-refractivity contribution in [3.8, 4) is 28.5 Å². The summed E-state index contributed by atoms with van der Waals surface area (Å²) in [5.41, 5.74) is 2.77. The van der Waals surface area contributed by atoms with Gasteiger partial charge in [-0.25, -0.2) is 4.98 Å². The van der Waals surface area contributed by atoms with E-state index < -0.39 is 4.92 Å². The molecular weight excluding hydrogens is 324 g/mol. The lowest BCUT2D eigenvalue weighted by atomic mass is 10.0. The molecule has 7 nitrogen and oxygen atoms in total. The van der Waals surface area contributed by atoms with Crippen LogP contribution in [0.2, 0.25) is 0 Å². The quantitative estimate of drug-likeness (QED) is 0.533. The van der Waals surface area contributed by atoms with Gasteiger partial charge in [-0.1, -0.05) is 12.1 Å². The molecule has 0 spiro atoms. The molecule has 0 bridgehead atoms.